The van der Waals surface area contributed by atoms with Crippen LogP contribution in [0.25, 0.3) is 0 Å². The van der Waals surface area contributed by atoms with Crippen molar-refractivity contribution >= 4 is 17.6 Å². The number of hydrogen-bond donors (Lipinski definition) is 1. The Balaban J connectivity index is 1.30. The van der Waals surface area contributed by atoms with Gasteiger partial charge in [0.1, 0.15) is 41.2 Å². The summed E-state index contributed by atoms with van der Waals surface area (Å²) in [6.45, 7) is 0.374. The lowest BCUT2D eigenvalue weighted by atomic mass is 9.83. The predicted molar refractivity (Wildman–Crippen MR) is 146 cm³/mol. The lowest BCUT2D eigenvalue weighted by Gasteiger charge is -2.26. The van der Waals surface area contributed by atoms with Gasteiger partial charge in [-0.2, -0.15) is 5.26 Å². The summed E-state index contributed by atoms with van der Waals surface area (Å²) in [5.41, 5.74) is 9.31. The second-order valence-electron chi connectivity index (χ2n) is 8.73. The van der Waals surface area contributed by atoms with E-state index < -0.39 is 11.9 Å². The molecule has 0 spiro atoms. The average Bonchev–Trinajstić information content (AvgIpc) is 2.96. The molecule has 1 aliphatic heterocycles. The first-order valence-electron chi connectivity index (χ1n) is 12.0. The van der Waals surface area contributed by atoms with E-state index in [4.69, 9.17) is 36.3 Å². The lowest BCUT2D eigenvalue weighted by molar-refractivity contribution is 0.0734. The minimum atomic E-state index is -0.539. The molecule has 0 fully saturated rings. The van der Waals surface area contributed by atoms with E-state index in [2.05, 4.69) is 6.07 Å². The van der Waals surface area contributed by atoms with Gasteiger partial charge in [0.25, 0.3) is 0 Å². The van der Waals surface area contributed by atoms with Gasteiger partial charge in [0.2, 0.25) is 5.88 Å². The summed E-state index contributed by atoms with van der Waals surface area (Å²) in [6, 6.07) is 28.6. The van der Waals surface area contributed by atoms with Crippen molar-refractivity contribution in [3.8, 4) is 29.1 Å². The number of carbonyl (C=O) groups excluding carboxylic acids is 1. The third-order valence-electron chi connectivity index (χ3n) is 6.26. The van der Waals surface area contributed by atoms with Crippen molar-refractivity contribution in [2.75, 3.05) is 7.11 Å². The smallest absolute Gasteiger partial charge is 0.343 e. The Labute approximate surface area is 230 Å². The van der Waals surface area contributed by atoms with Crippen molar-refractivity contribution in [3.05, 3.63) is 130 Å². The highest BCUT2D eigenvalue weighted by Gasteiger charge is 2.31. The Morgan fingerprint density at radius 2 is 1.62 bits per heavy atom. The maximum Gasteiger partial charge on any atom is 0.343 e. The fourth-order valence-corrected chi connectivity index (χ4v) is 4.36. The van der Waals surface area contributed by atoms with Gasteiger partial charge in [-0.25, -0.2) is 4.79 Å². The Morgan fingerprint density at radius 3 is 2.28 bits per heavy atom. The molecule has 2 N–H and O–H groups in total. The Bertz CT molecular complexity index is 1570. The SMILES string of the molecule is COc1ccc([C@@H]2C(C#N)=C(N)Oc3cc(OC(=O)c4ccc(OCc5ccc(Cl)cc5)cc4)ccc32)cc1. The second kappa shape index (κ2) is 11.2. The van der Waals surface area contributed by atoms with Gasteiger partial charge in [0, 0.05) is 16.7 Å². The van der Waals surface area contributed by atoms with E-state index in [0.29, 0.717) is 40.0 Å². The number of fused-ring (bicyclic) bond motifs is 1. The van der Waals surface area contributed by atoms with E-state index in [1.54, 1.807) is 61.7 Å². The number of benzene rings is 4. The molecular weight excluding hydrogens is 516 g/mol. The summed E-state index contributed by atoms with van der Waals surface area (Å²) in [5, 5.41) is 10.4. The molecule has 1 atom stereocenters. The Morgan fingerprint density at radius 1 is 0.949 bits per heavy atom. The zero-order valence-electron chi connectivity index (χ0n) is 20.9. The number of nitriles is 1. The number of allylic oxidation sites excluding steroid dienone is 1. The molecule has 8 heteroatoms. The average molecular weight is 539 g/mol. The van der Waals surface area contributed by atoms with Crippen LogP contribution in [0.15, 0.2) is 102 Å². The number of halogens is 1. The molecule has 0 bridgehead atoms. The number of rotatable bonds is 7. The van der Waals surface area contributed by atoms with Crippen LogP contribution in [0.4, 0.5) is 0 Å². The maximum absolute atomic E-state index is 12.8. The highest BCUT2D eigenvalue weighted by atomic mass is 35.5. The molecule has 4 aromatic rings. The van der Waals surface area contributed by atoms with Crippen LogP contribution in [0.2, 0.25) is 5.02 Å². The van der Waals surface area contributed by atoms with Crippen molar-refractivity contribution < 1.29 is 23.7 Å². The van der Waals surface area contributed by atoms with E-state index in [1.807, 2.05) is 36.4 Å². The molecule has 0 radical (unpaired) electrons. The largest absolute Gasteiger partial charge is 0.497 e. The molecular formula is C31H23ClN2O5. The first-order valence-corrected chi connectivity index (χ1v) is 12.4. The van der Waals surface area contributed by atoms with Crippen molar-refractivity contribution in [1.82, 2.24) is 0 Å². The predicted octanol–water partition coefficient (Wildman–Crippen LogP) is 6.36. The molecule has 1 heterocycles. The molecule has 5 rings (SSSR count). The number of carbonyl (C=O) groups is 1. The molecule has 0 saturated heterocycles. The fourth-order valence-electron chi connectivity index (χ4n) is 4.24. The maximum atomic E-state index is 12.8. The topological polar surface area (TPSA) is 104 Å². The van der Waals surface area contributed by atoms with Gasteiger partial charge >= 0.3 is 5.97 Å². The van der Waals surface area contributed by atoms with Gasteiger partial charge in [-0.15, -0.1) is 0 Å². The molecule has 0 amide bonds. The summed E-state index contributed by atoms with van der Waals surface area (Å²) in [4.78, 5) is 12.8. The quantitative estimate of drug-likeness (QED) is 0.215. The van der Waals surface area contributed by atoms with E-state index >= 15 is 0 Å². The van der Waals surface area contributed by atoms with E-state index in [9.17, 15) is 10.1 Å². The normalized spacial score (nSPS) is 14.0. The van der Waals surface area contributed by atoms with Gasteiger partial charge < -0.3 is 24.7 Å². The van der Waals surface area contributed by atoms with Crippen molar-refractivity contribution in [2.45, 2.75) is 12.5 Å². The standard InChI is InChI=1S/C31H23ClN2O5/c1-36-23-10-4-20(5-11-23)29-26-15-14-25(16-28(26)39-30(34)27(29)17-33)38-31(35)21-6-12-24(13-7-21)37-18-19-2-8-22(32)9-3-19/h2-16,29H,18,34H2,1H3/t29-/m0/s1. The molecule has 194 valence electrons. The molecule has 0 saturated carbocycles. The van der Waals surface area contributed by atoms with E-state index in [1.165, 1.54) is 0 Å². The number of methoxy groups -OCH3 is 1. The number of nitrogens with two attached hydrogens (primary N) is 1. The fraction of sp³-hybridized carbons (Fsp3) is 0.0968. The van der Waals surface area contributed by atoms with Gasteiger partial charge in [-0.1, -0.05) is 41.9 Å². The van der Waals surface area contributed by atoms with E-state index in [0.717, 1.165) is 16.7 Å². The summed E-state index contributed by atoms with van der Waals surface area (Å²) < 4.78 is 22.4. The van der Waals surface area contributed by atoms with Crippen LogP contribution in [0.5, 0.6) is 23.0 Å². The Hall–Kier alpha value is -4.93. The van der Waals surface area contributed by atoms with Crippen LogP contribution in [0.3, 0.4) is 0 Å². The third-order valence-corrected chi connectivity index (χ3v) is 6.51. The highest BCUT2D eigenvalue weighted by Crippen LogP contribution is 2.43. The Kier molecular flexibility index (Phi) is 7.39. The van der Waals surface area contributed by atoms with Crippen LogP contribution in [0, 0.1) is 11.3 Å². The van der Waals surface area contributed by atoms with Crippen LogP contribution in [-0.4, -0.2) is 13.1 Å². The molecule has 7 nitrogen and oxygen atoms in total. The minimum absolute atomic E-state index is 0.00323. The molecule has 4 aromatic carbocycles. The van der Waals surface area contributed by atoms with E-state index in [-0.39, 0.29) is 11.6 Å². The minimum Gasteiger partial charge on any atom is -0.497 e. The van der Waals surface area contributed by atoms with Gasteiger partial charge in [-0.05, 0) is 65.7 Å². The molecule has 39 heavy (non-hydrogen) atoms. The second-order valence-corrected chi connectivity index (χ2v) is 9.16. The van der Waals surface area contributed by atoms with Crippen LogP contribution >= 0.6 is 11.6 Å². The lowest BCUT2D eigenvalue weighted by Crippen LogP contribution is -2.21. The number of ether oxygens (including phenoxy) is 4. The molecule has 0 unspecified atom stereocenters. The monoisotopic (exact) mass is 538 g/mol. The molecule has 0 aromatic heterocycles. The van der Waals surface area contributed by atoms with Crippen molar-refractivity contribution in [3.63, 3.8) is 0 Å². The van der Waals surface area contributed by atoms with Gasteiger partial charge in [0.05, 0.1) is 18.6 Å². The van der Waals surface area contributed by atoms with Crippen molar-refractivity contribution in [1.29, 1.82) is 5.26 Å². The summed E-state index contributed by atoms with van der Waals surface area (Å²) in [5.74, 6) is 1.03. The zero-order chi connectivity index (χ0) is 27.4. The molecule has 0 aliphatic carbocycles. The first kappa shape index (κ1) is 25.7. The number of nitrogens with zero attached hydrogens (tertiary/aromatic N) is 1. The summed E-state index contributed by atoms with van der Waals surface area (Å²) in [6.07, 6.45) is 0. The number of esters is 1. The van der Waals surface area contributed by atoms with Gasteiger partial charge in [0.15, 0.2) is 0 Å². The highest BCUT2D eigenvalue weighted by molar-refractivity contribution is 6.30. The summed E-state index contributed by atoms with van der Waals surface area (Å²) in [7, 11) is 1.59. The summed E-state index contributed by atoms with van der Waals surface area (Å²) >= 11 is 5.91. The van der Waals surface area contributed by atoms with Gasteiger partial charge in [-0.3, -0.25) is 0 Å². The van der Waals surface area contributed by atoms with Crippen LogP contribution < -0.4 is 24.7 Å². The third kappa shape index (κ3) is 5.66. The van der Waals surface area contributed by atoms with Crippen molar-refractivity contribution in [2.24, 2.45) is 5.73 Å². The molecule has 1 aliphatic rings. The first-order chi connectivity index (χ1) is 18.9. The van der Waals surface area contributed by atoms with Crippen LogP contribution in [0.1, 0.15) is 33.0 Å². The van der Waals surface area contributed by atoms with Crippen LogP contribution in [-0.2, 0) is 6.61 Å². The number of hydrogen-bond acceptors (Lipinski definition) is 7. The zero-order valence-corrected chi connectivity index (χ0v) is 21.6.